The van der Waals surface area contributed by atoms with E-state index in [2.05, 4.69) is 15.4 Å². The number of para-hydroxylation sites is 2. The lowest BCUT2D eigenvalue weighted by Crippen LogP contribution is -2.57. The van der Waals surface area contributed by atoms with Crippen molar-refractivity contribution in [3.8, 4) is 34.0 Å². The number of primary sulfonamides is 1. The van der Waals surface area contributed by atoms with Crippen molar-refractivity contribution in [1.29, 1.82) is 0 Å². The molecule has 29 heteroatoms. The molecular formula is C92H116F2N8O17S2. The Morgan fingerprint density at radius 1 is 0.570 bits per heavy atom. The zero-order valence-corrected chi connectivity index (χ0v) is 70.4. The van der Waals surface area contributed by atoms with Crippen molar-refractivity contribution in [2.75, 3.05) is 13.1 Å². The van der Waals surface area contributed by atoms with Gasteiger partial charge in [0.15, 0.2) is 0 Å². The maximum Gasteiger partial charge on any atom is 0.330 e. The van der Waals surface area contributed by atoms with E-state index < -0.39 is 146 Å². The van der Waals surface area contributed by atoms with E-state index in [1.807, 2.05) is 72.8 Å². The number of aromatic nitrogens is 2. The number of sulfonamides is 2. The standard InChI is InChI=1S/C45H53FN4O8S.C41H46FN3O7.C4H9NO2S.2CH4/c1-42(2,3)57-36(51)24-29-13-8-6-5-7-9-15-30-25-45(30,41(54)49-59(55,56)43(4)21-22-43)48-39(52)35-26-44(27-50(35)40(29)53)20-19-33-32-17-10-11-18-34(32)47-37(38(33)58-44)28-14-12-16-31(46)23-28;1-39(2,3)51-33(46)21-26-12-7-5-4-6-8-14-27-22-41(27,38(49)50)44-36(47)32-23-40(24-45(32)37(26)48)19-18-30-29-16-9-10-17-31(29)43-34(35(30)52-40)25-13-11-15-28(42)20-25;1-4(2-3-4)8(5,6)7;;/h9-12,14-18,23,29-30,35H,5-8,13,19-22,24-27H2,1-4H3,(H,48,52)(H,49,54);8-11,13-17,20,26-27,32H,4-7,12,18-19,21-24H2,1-3H3,(H,44,47)(H,49,50);2-3H2,1H3,(H2,5,6,7);2*1H4/b15-9-;14-8-;;;/t29-,30-,35+,44-,45-;26-,27-,32+,40-,41-;;;/m11.../s1. The number of nitrogens with one attached hydrogen (secondary N) is 3. The number of nitrogens with two attached hydrogens (primary N) is 1. The number of ether oxygens (including phenoxy) is 4. The number of hydrogen-bond donors (Lipinski definition) is 5. The average molecular weight is 1710 g/mol. The number of hydrogen-bond acceptors (Lipinski definition) is 18. The second kappa shape index (κ2) is 34.5. The Balaban J connectivity index is 0.000000201. The van der Waals surface area contributed by atoms with Crippen LogP contribution in [0.4, 0.5) is 8.78 Å². The number of fused-ring (bicyclic) bond motifs is 10. The second-order valence-corrected chi connectivity index (χ2v) is 41.1. The molecule has 0 unspecified atom stereocenters. The smallest absolute Gasteiger partial charge is 0.330 e. The lowest BCUT2D eigenvalue weighted by atomic mass is 9.86. The molecule has 10 atom stereocenters. The van der Waals surface area contributed by atoms with Gasteiger partial charge in [-0.05, 0) is 195 Å². The first kappa shape index (κ1) is 90.5. The molecule has 10 aliphatic rings. The molecule has 6 aromatic rings. The highest BCUT2D eigenvalue weighted by molar-refractivity contribution is 7.91. The summed E-state index contributed by atoms with van der Waals surface area (Å²) < 4.78 is 103. The van der Waals surface area contributed by atoms with Crippen LogP contribution >= 0.6 is 0 Å². The number of aliphatic carboxylic acids is 1. The zero-order valence-electron chi connectivity index (χ0n) is 68.8. The number of pyridine rings is 2. The molecule has 25 nitrogen and oxygen atoms in total. The van der Waals surface area contributed by atoms with Crippen LogP contribution in [-0.2, 0) is 80.7 Å². The van der Waals surface area contributed by atoms with Gasteiger partial charge in [-0.1, -0.05) is 126 Å². The van der Waals surface area contributed by atoms with E-state index in [1.165, 1.54) is 34.1 Å². The maximum absolute atomic E-state index is 15.0. The number of esters is 2. The third-order valence-electron chi connectivity index (χ3n) is 25.3. The Kier molecular flexibility index (Phi) is 25.8. The minimum absolute atomic E-state index is 0. The summed E-state index contributed by atoms with van der Waals surface area (Å²) in [5.74, 6) is -7.14. The van der Waals surface area contributed by atoms with Crippen molar-refractivity contribution in [2.45, 2.75) is 279 Å². The lowest BCUT2D eigenvalue weighted by Gasteiger charge is -2.37. The number of rotatable bonds is 11. The summed E-state index contributed by atoms with van der Waals surface area (Å²) >= 11 is 0. The van der Waals surface area contributed by atoms with Crippen molar-refractivity contribution in [3.63, 3.8) is 0 Å². The first-order chi connectivity index (χ1) is 56.1. The average Bonchev–Trinajstić information content (AvgIpc) is 1.64. The maximum atomic E-state index is 15.0. The molecule has 5 amide bonds. The molecule has 121 heavy (non-hydrogen) atoms. The quantitative estimate of drug-likeness (QED) is 0.0594. The molecular weight excluding hydrogens is 1590 g/mol. The van der Waals surface area contributed by atoms with Gasteiger partial charge < -0.3 is 44.5 Å². The number of carbonyl (C=O) groups excluding carboxylic acids is 7. The number of benzene rings is 4. The summed E-state index contributed by atoms with van der Waals surface area (Å²) in [6, 6.07) is 25.5. The first-order valence-electron chi connectivity index (χ1n) is 41.7. The molecule has 0 bridgehead atoms. The summed E-state index contributed by atoms with van der Waals surface area (Å²) in [5.41, 5.74) is -1.42. The van der Waals surface area contributed by atoms with Crippen molar-refractivity contribution in [2.24, 2.45) is 28.8 Å². The van der Waals surface area contributed by atoms with Gasteiger partial charge in [-0.3, -0.25) is 38.3 Å². The minimum atomic E-state index is -4.02. The van der Waals surface area contributed by atoms with E-state index in [1.54, 1.807) is 79.7 Å². The lowest BCUT2D eigenvalue weighted by molar-refractivity contribution is -0.159. The Bertz CT molecular complexity index is 5350. The van der Waals surface area contributed by atoms with Gasteiger partial charge in [-0.15, -0.1) is 0 Å². The predicted octanol–water partition coefficient (Wildman–Crippen LogP) is 14.1. The second-order valence-electron chi connectivity index (χ2n) is 36.9. The van der Waals surface area contributed by atoms with Crippen LogP contribution in [-0.4, -0.2) is 157 Å². The highest BCUT2D eigenvalue weighted by Gasteiger charge is 2.66. The van der Waals surface area contributed by atoms with Crippen molar-refractivity contribution in [3.05, 3.63) is 144 Å². The fraction of sp³-hybridized carbons (Fsp3) is 0.543. The summed E-state index contributed by atoms with van der Waals surface area (Å²) in [5, 5.41) is 22.7. The molecule has 16 rings (SSSR count). The van der Waals surface area contributed by atoms with Crippen LogP contribution < -0.4 is 30.0 Å². The number of halogens is 2. The molecule has 2 spiro atoms. The number of allylic oxidation sites excluding steroid dienone is 2. The van der Waals surface area contributed by atoms with E-state index in [0.29, 0.717) is 105 Å². The molecule has 652 valence electrons. The normalized spacial score (nSPS) is 27.8. The van der Waals surface area contributed by atoms with Crippen LogP contribution in [0.25, 0.3) is 44.3 Å². The third kappa shape index (κ3) is 19.5. The predicted molar refractivity (Wildman–Crippen MR) is 455 cm³/mol. The van der Waals surface area contributed by atoms with Crippen LogP contribution in [0.2, 0.25) is 0 Å². The fourth-order valence-corrected chi connectivity index (χ4v) is 19.7. The van der Waals surface area contributed by atoms with Gasteiger partial charge >= 0.3 is 17.9 Å². The monoisotopic (exact) mass is 1710 g/mol. The molecule has 4 aliphatic carbocycles. The molecule has 4 aromatic carbocycles. The Labute approximate surface area is 708 Å². The minimum Gasteiger partial charge on any atom is -0.483 e. The topological polar surface area (TPSA) is 356 Å². The number of carbonyl (C=O) groups is 8. The fourth-order valence-electron chi connectivity index (χ4n) is 17.7. The van der Waals surface area contributed by atoms with Crippen molar-refractivity contribution < 1.29 is 88.0 Å². The van der Waals surface area contributed by atoms with E-state index in [9.17, 15) is 69.1 Å². The van der Waals surface area contributed by atoms with Crippen LogP contribution in [0.15, 0.2) is 121 Å². The highest BCUT2D eigenvalue weighted by atomic mass is 32.2. The van der Waals surface area contributed by atoms with Crippen molar-refractivity contribution >= 4 is 89.3 Å². The van der Waals surface area contributed by atoms with Gasteiger partial charge in [-0.2, -0.15) is 0 Å². The largest absolute Gasteiger partial charge is 0.483 e. The number of carboxylic acid groups (broad SMARTS) is 1. The summed E-state index contributed by atoms with van der Waals surface area (Å²) in [7, 11) is -7.25. The highest BCUT2D eigenvalue weighted by Crippen LogP contribution is 2.53. The van der Waals surface area contributed by atoms with E-state index in [0.717, 1.165) is 77.9 Å². The number of carboxylic acids is 1. The molecule has 6 aliphatic heterocycles. The number of aryl methyl sites for hydroxylation is 2. The zero-order chi connectivity index (χ0) is 85.2. The van der Waals surface area contributed by atoms with Gasteiger partial charge in [0, 0.05) is 69.5 Å². The molecule has 0 radical (unpaired) electrons. The van der Waals surface area contributed by atoms with E-state index >= 15 is 0 Å². The Morgan fingerprint density at radius 3 is 1.38 bits per heavy atom. The molecule has 6 fully saturated rings. The Hall–Kier alpha value is -9.74. The van der Waals surface area contributed by atoms with Gasteiger partial charge in [0.1, 0.15) is 80.1 Å². The van der Waals surface area contributed by atoms with E-state index in [-0.39, 0.29) is 78.3 Å². The summed E-state index contributed by atoms with van der Waals surface area (Å²) in [4.78, 5) is 125. The van der Waals surface area contributed by atoms with Gasteiger partial charge in [0.2, 0.25) is 43.7 Å². The van der Waals surface area contributed by atoms with Gasteiger partial charge in [-0.25, -0.2) is 45.5 Å². The van der Waals surface area contributed by atoms with Gasteiger partial charge in [0.25, 0.3) is 5.91 Å². The SMILES string of the molecule is C.C.CC(C)(C)OC(=O)C[C@H]1CCCCC/C=C\[C@@H]2C[C@@]2(C(=O)NS(=O)(=O)C2(C)CC2)NC(=O)[C@@H]2C[C@]3(CCc4c(c(-c5cccc(F)c5)nc5ccccc45)O3)CN2C1=O.CC(C)(C)OC(=O)C[C@H]1CCCCC/C=C\[C@@H]2C[C@@]2(C(=O)O)NC(=O)[C@@H]2C[C@]3(CCc4c(c(-c5cccc(F)c5)nc5ccccc45)O3)CN2C1=O.CC1(S(N)(=O)=O)CC1. The third-order valence-corrected chi connectivity index (χ3v) is 29.2. The summed E-state index contributed by atoms with van der Waals surface area (Å²) in [6.45, 7) is 13.9. The number of amides is 5. The van der Waals surface area contributed by atoms with Gasteiger partial charge in [0.05, 0.1) is 46.5 Å². The number of nitrogens with zero attached hydrogens (tertiary/aromatic N) is 4. The molecule has 8 heterocycles. The molecule has 4 saturated carbocycles. The van der Waals surface area contributed by atoms with Crippen LogP contribution in [0.3, 0.4) is 0 Å². The van der Waals surface area contributed by atoms with Crippen LogP contribution in [0, 0.1) is 35.3 Å². The molecule has 6 N–H and O–H groups in total. The van der Waals surface area contributed by atoms with Crippen LogP contribution in [0.1, 0.15) is 223 Å². The molecule has 2 aromatic heterocycles. The Morgan fingerprint density at radius 2 is 0.983 bits per heavy atom. The molecule has 2 saturated heterocycles. The first-order valence-corrected chi connectivity index (χ1v) is 44.8. The summed E-state index contributed by atoms with van der Waals surface area (Å²) in [6.07, 6.45) is 19.1. The van der Waals surface area contributed by atoms with Crippen molar-refractivity contribution in [1.82, 2.24) is 35.1 Å². The van der Waals surface area contributed by atoms with Crippen LogP contribution in [0.5, 0.6) is 11.5 Å². The van der Waals surface area contributed by atoms with E-state index in [4.69, 9.17) is 34.1 Å².